The third kappa shape index (κ3) is 4.00. The maximum absolute atomic E-state index is 5.36. The van der Waals surface area contributed by atoms with Crippen molar-refractivity contribution >= 4 is 28.5 Å². The predicted molar refractivity (Wildman–Crippen MR) is 125 cm³/mol. The van der Waals surface area contributed by atoms with Crippen LogP contribution in [0, 0.1) is 11.8 Å². The van der Waals surface area contributed by atoms with E-state index in [-0.39, 0.29) is 0 Å². The number of thiophene rings is 1. The molecule has 150 valence electrons. The lowest BCUT2D eigenvalue weighted by Gasteiger charge is -2.09. The fourth-order valence-electron chi connectivity index (χ4n) is 3.22. The van der Waals surface area contributed by atoms with E-state index in [9.17, 15) is 0 Å². The normalized spacial score (nSPS) is 10.5. The quantitative estimate of drug-likeness (QED) is 0.383. The summed E-state index contributed by atoms with van der Waals surface area (Å²) < 4.78 is 7.35. The fraction of sp³-hybridized carbons (Fsp3) is 0.0400. The van der Waals surface area contributed by atoms with Gasteiger partial charge in [0.15, 0.2) is 5.65 Å². The molecule has 5 aromatic rings. The van der Waals surface area contributed by atoms with E-state index in [0.29, 0.717) is 0 Å². The molecule has 0 spiro atoms. The molecule has 1 N–H and O–H groups in total. The highest BCUT2D eigenvalue weighted by Gasteiger charge is 2.16. The number of aromatic nitrogens is 3. The predicted octanol–water partition coefficient (Wildman–Crippen LogP) is 5.61. The average molecular weight is 423 g/mol. The number of imidazole rings is 1. The first-order valence-corrected chi connectivity index (χ1v) is 10.5. The van der Waals surface area contributed by atoms with Crippen molar-refractivity contribution in [3.05, 3.63) is 95.8 Å². The van der Waals surface area contributed by atoms with Gasteiger partial charge in [-0.25, -0.2) is 4.98 Å². The lowest BCUT2D eigenvalue weighted by atomic mass is 10.2. The molecular weight excluding hydrogens is 404 g/mol. The van der Waals surface area contributed by atoms with Crippen LogP contribution in [0.5, 0.6) is 5.75 Å². The summed E-state index contributed by atoms with van der Waals surface area (Å²) in [4.78, 5) is 11.1. The summed E-state index contributed by atoms with van der Waals surface area (Å²) in [5.74, 6) is 8.13. The molecule has 0 atom stereocenters. The standard InChI is InChI=1S/C25H18N4OS/c1-30-20-9-5-8-19(16-20)27-25-24(28-23-17-26-14-15-29(23)25)22-13-12-21(31-22)11-10-18-6-3-2-4-7-18/h2-9,12-17,27H,1H3. The van der Waals surface area contributed by atoms with Crippen LogP contribution in [-0.4, -0.2) is 21.5 Å². The molecule has 0 saturated heterocycles. The Morgan fingerprint density at radius 2 is 1.90 bits per heavy atom. The zero-order chi connectivity index (χ0) is 21.0. The van der Waals surface area contributed by atoms with Gasteiger partial charge in [0.25, 0.3) is 0 Å². The van der Waals surface area contributed by atoms with E-state index in [0.717, 1.165) is 43.9 Å². The number of ether oxygens (including phenoxy) is 1. The van der Waals surface area contributed by atoms with Crippen molar-refractivity contribution in [2.45, 2.75) is 0 Å². The summed E-state index contributed by atoms with van der Waals surface area (Å²) in [6.07, 6.45) is 5.41. The van der Waals surface area contributed by atoms with Gasteiger partial charge < -0.3 is 10.1 Å². The first-order chi connectivity index (χ1) is 15.3. The van der Waals surface area contributed by atoms with E-state index >= 15 is 0 Å². The molecule has 0 bridgehead atoms. The third-order valence-corrected chi connectivity index (χ3v) is 5.71. The van der Waals surface area contributed by atoms with Crippen LogP contribution in [-0.2, 0) is 0 Å². The molecule has 0 saturated carbocycles. The lowest BCUT2D eigenvalue weighted by molar-refractivity contribution is 0.415. The van der Waals surface area contributed by atoms with Crippen LogP contribution in [0.25, 0.3) is 16.2 Å². The molecule has 31 heavy (non-hydrogen) atoms. The number of nitrogens with zero attached hydrogens (tertiary/aromatic N) is 3. The summed E-state index contributed by atoms with van der Waals surface area (Å²) in [6, 6.07) is 21.9. The maximum atomic E-state index is 5.36. The molecule has 5 nitrogen and oxygen atoms in total. The monoisotopic (exact) mass is 422 g/mol. The van der Waals surface area contributed by atoms with E-state index in [4.69, 9.17) is 9.72 Å². The Labute approximate surface area is 184 Å². The largest absolute Gasteiger partial charge is 0.497 e. The molecule has 0 radical (unpaired) electrons. The molecule has 3 aromatic heterocycles. The molecule has 6 heteroatoms. The Balaban J connectivity index is 1.54. The van der Waals surface area contributed by atoms with Gasteiger partial charge in [-0.1, -0.05) is 36.1 Å². The van der Waals surface area contributed by atoms with Crippen molar-refractivity contribution in [2.75, 3.05) is 12.4 Å². The number of methoxy groups -OCH3 is 1. The Morgan fingerprint density at radius 1 is 1.00 bits per heavy atom. The van der Waals surface area contributed by atoms with Crippen molar-refractivity contribution in [1.29, 1.82) is 0 Å². The SMILES string of the molecule is COc1cccc(Nc2c(-c3ccc(C#Cc4ccccc4)s3)nc3cnccn23)c1. The second kappa shape index (κ2) is 8.34. The van der Waals surface area contributed by atoms with Gasteiger partial charge >= 0.3 is 0 Å². The maximum Gasteiger partial charge on any atom is 0.157 e. The van der Waals surface area contributed by atoms with E-state index in [2.05, 4.69) is 28.2 Å². The van der Waals surface area contributed by atoms with Crippen molar-refractivity contribution in [3.8, 4) is 28.2 Å². The molecule has 3 heterocycles. The van der Waals surface area contributed by atoms with E-state index in [1.807, 2.05) is 71.3 Å². The lowest BCUT2D eigenvalue weighted by Crippen LogP contribution is -1.97. The fourth-order valence-corrected chi connectivity index (χ4v) is 4.07. The van der Waals surface area contributed by atoms with Gasteiger partial charge in [-0.05, 0) is 36.4 Å². The van der Waals surface area contributed by atoms with Gasteiger partial charge in [0.2, 0.25) is 0 Å². The van der Waals surface area contributed by atoms with Crippen molar-refractivity contribution in [3.63, 3.8) is 0 Å². The van der Waals surface area contributed by atoms with Crippen molar-refractivity contribution in [1.82, 2.24) is 14.4 Å². The molecule has 0 aliphatic carbocycles. The number of fused-ring (bicyclic) bond motifs is 1. The topological polar surface area (TPSA) is 51.5 Å². The minimum Gasteiger partial charge on any atom is -0.497 e. The highest BCUT2D eigenvalue weighted by Crippen LogP contribution is 2.35. The summed E-state index contributed by atoms with van der Waals surface area (Å²) in [7, 11) is 1.66. The molecule has 0 amide bonds. The second-order valence-corrected chi connectivity index (χ2v) is 7.83. The van der Waals surface area contributed by atoms with Crippen molar-refractivity contribution in [2.24, 2.45) is 0 Å². The molecule has 2 aromatic carbocycles. The summed E-state index contributed by atoms with van der Waals surface area (Å²) in [5.41, 5.74) is 3.54. The number of rotatable bonds is 4. The summed E-state index contributed by atoms with van der Waals surface area (Å²) >= 11 is 1.62. The number of benzene rings is 2. The van der Waals surface area contributed by atoms with Gasteiger partial charge in [-0.2, -0.15) is 0 Å². The van der Waals surface area contributed by atoms with Gasteiger partial charge in [0.05, 0.1) is 23.1 Å². The number of hydrogen-bond donors (Lipinski definition) is 1. The van der Waals surface area contributed by atoms with Crippen LogP contribution in [0.4, 0.5) is 11.5 Å². The highest BCUT2D eigenvalue weighted by atomic mass is 32.1. The molecule has 0 fully saturated rings. The van der Waals surface area contributed by atoms with Gasteiger partial charge in [-0.15, -0.1) is 11.3 Å². The third-order valence-electron chi connectivity index (χ3n) is 4.71. The summed E-state index contributed by atoms with van der Waals surface area (Å²) in [5, 5.41) is 3.50. The van der Waals surface area contributed by atoms with Crippen LogP contribution in [0.3, 0.4) is 0 Å². The van der Waals surface area contributed by atoms with Crippen molar-refractivity contribution < 1.29 is 4.74 Å². The van der Waals surface area contributed by atoms with E-state index in [1.54, 1.807) is 30.8 Å². The summed E-state index contributed by atoms with van der Waals surface area (Å²) in [6.45, 7) is 0. The zero-order valence-corrected chi connectivity index (χ0v) is 17.6. The van der Waals surface area contributed by atoms with Crippen LogP contribution in [0.1, 0.15) is 10.4 Å². The minimum atomic E-state index is 0.771. The minimum absolute atomic E-state index is 0.771. The van der Waals surface area contributed by atoms with Crippen LogP contribution >= 0.6 is 11.3 Å². The first-order valence-electron chi connectivity index (χ1n) is 9.70. The van der Waals surface area contributed by atoms with Crippen LogP contribution < -0.4 is 10.1 Å². The molecule has 0 aliphatic rings. The molecule has 5 rings (SSSR count). The van der Waals surface area contributed by atoms with Crippen LogP contribution in [0.2, 0.25) is 0 Å². The first kappa shape index (κ1) is 18.9. The molecule has 0 aliphatic heterocycles. The Kier molecular flexibility index (Phi) is 5.09. The van der Waals surface area contributed by atoms with E-state index < -0.39 is 0 Å². The Hall–Kier alpha value is -4.08. The number of nitrogens with one attached hydrogen (secondary N) is 1. The van der Waals surface area contributed by atoms with Gasteiger partial charge in [-0.3, -0.25) is 9.38 Å². The second-order valence-electron chi connectivity index (χ2n) is 6.75. The zero-order valence-electron chi connectivity index (χ0n) is 16.7. The molecular formula is C25H18N4OS. The number of hydrogen-bond acceptors (Lipinski definition) is 5. The number of anilines is 2. The average Bonchev–Trinajstić information content (AvgIpc) is 3.43. The molecule has 0 unspecified atom stereocenters. The van der Waals surface area contributed by atoms with E-state index in [1.165, 1.54) is 0 Å². The Bertz CT molecular complexity index is 1410. The Morgan fingerprint density at radius 3 is 2.77 bits per heavy atom. The van der Waals surface area contributed by atoms with Gasteiger partial charge in [0.1, 0.15) is 17.3 Å². The van der Waals surface area contributed by atoms with Crippen LogP contribution in [0.15, 0.2) is 85.3 Å². The highest BCUT2D eigenvalue weighted by molar-refractivity contribution is 7.16. The van der Waals surface area contributed by atoms with Gasteiger partial charge in [0, 0.05) is 29.7 Å². The smallest absolute Gasteiger partial charge is 0.157 e.